The summed E-state index contributed by atoms with van der Waals surface area (Å²) < 4.78 is 15.6. The summed E-state index contributed by atoms with van der Waals surface area (Å²) in [6.07, 6.45) is 0. The van der Waals surface area contributed by atoms with Crippen molar-refractivity contribution in [1.82, 2.24) is 5.32 Å². The fraction of sp³-hybridized carbons (Fsp3) is 0.263. The number of ether oxygens (including phenoxy) is 3. The van der Waals surface area contributed by atoms with Gasteiger partial charge in [-0.25, -0.2) is 0 Å². The van der Waals surface area contributed by atoms with E-state index in [2.05, 4.69) is 10.6 Å². The Morgan fingerprint density at radius 2 is 1.62 bits per heavy atom. The standard InChI is InChI=1S/C19H22N2O5/c1-4-26-14-7-5-13(6-8-14)12-20-18(22)19(23)21-16-11-15(24-2)9-10-17(16)25-3/h5-11H,4,12H2,1-3H3,(H,20,22)(H,21,23). The lowest BCUT2D eigenvalue weighted by Crippen LogP contribution is -2.35. The fourth-order valence-corrected chi connectivity index (χ4v) is 2.22. The van der Waals surface area contributed by atoms with E-state index in [0.717, 1.165) is 11.3 Å². The predicted molar refractivity (Wildman–Crippen MR) is 97.6 cm³/mol. The first kappa shape index (κ1) is 19.1. The molecular formula is C19H22N2O5. The number of benzene rings is 2. The van der Waals surface area contributed by atoms with Crippen molar-refractivity contribution >= 4 is 17.5 Å². The maximum atomic E-state index is 12.1. The van der Waals surface area contributed by atoms with E-state index in [9.17, 15) is 9.59 Å². The van der Waals surface area contributed by atoms with Crippen LogP contribution in [0.2, 0.25) is 0 Å². The number of rotatable bonds is 7. The maximum absolute atomic E-state index is 12.1. The van der Waals surface area contributed by atoms with Gasteiger partial charge < -0.3 is 24.8 Å². The van der Waals surface area contributed by atoms with Crippen LogP contribution < -0.4 is 24.8 Å². The number of anilines is 1. The molecule has 0 atom stereocenters. The molecule has 0 aliphatic heterocycles. The van der Waals surface area contributed by atoms with Crippen molar-refractivity contribution in [3.05, 3.63) is 48.0 Å². The predicted octanol–water partition coefficient (Wildman–Crippen LogP) is 2.36. The highest BCUT2D eigenvalue weighted by Gasteiger charge is 2.16. The Balaban J connectivity index is 1.94. The van der Waals surface area contributed by atoms with Crippen molar-refractivity contribution in [3.63, 3.8) is 0 Å². The third kappa shape index (κ3) is 5.14. The Hall–Kier alpha value is -3.22. The fourth-order valence-electron chi connectivity index (χ4n) is 2.22. The summed E-state index contributed by atoms with van der Waals surface area (Å²) in [7, 11) is 2.99. The van der Waals surface area contributed by atoms with Gasteiger partial charge in [0.05, 0.1) is 26.5 Å². The molecule has 0 fully saturated rings. The third-order valence-electron chi connectivity index (χ3n) is 3.55. The van der Waals surface area contributed by atoms with Crippen LogP contribution in [0.25, 0.3) is 0 Å². The first-order valence-electron chi connectivity index (χ1n) is 8.10. The molecule has 2 amide bonds. The largest absolute Gasteiger partial charge is 0.497 e. The van der Waals surface area contributed by atoms with Gasteiger partial charge in [-0.05, 0) is 36.8 Å². The highest BCUT2D eigenvalue weighted by molar-refractivity contribution is 6.39. The molecule has 2 aromatic carbocycles. The van der Waals surface area contributed by atoms with Gasteiger partial charge in [0.1, 0.15) is 17.2 Å². The van der Waals surface area contributed by atoms with Crippen LogP contribution in [0.15, 0.2) is 42.5 Å². The lowest BCUT2D eigenvalue weighted by molar-refractivity contribution is -0.136. The summed E-state index contributed by atoms with van der Waals surface area (Å²) in [6, 6.07) is 12.2. The summed E-state index contributed by atoms with van der Waals surface area (Å²) >= 11 is 0. The molecule has 0 spiro atoms. The second-order valence-electron chi connectivity index (χ2n) is 5.28. The van der Waals surface area contributed by atoms with E-state index in [1.54, 1.807) is 18.2 Å². The Morgan fingerprint density at radius 1 is 0.923 bits per heavy atom. The lowest BCUT2D eigenvalue weighted by Gasteiger charge is -2.12. The molecule has 0 saturated carbocycles. The highest BCUT2D eigenvalue weighted by atomic mass is 16.5. The van der Waals surface area contributed by atoms with Gasteiger partial charge in [0, 0.05) is 12.6 Å². The first-order chi connectivity index (χ1) is 12.6. The maximum Gasteiger partial charge on any atom is 0.313 e. The Bertz CT molecular complexity index is 759. The zero-order valence-electron chi connectivity index (χ0n) is 15.0. The van der Waals surface area contributed by atoms with Crippen LogP contribution in [-0.2, 0) is 16.1 Å². The molecule has 0 aliphatic rings. The third-order valence-corrected chi connectivity index (χ3v) is 3.55. The normalized spacial score (nSPS) is 9.96. The van der Waals surface area contributed by atoms with Crippen molar-refractivity contribution < 1.29 is 23.8 Å². The summed E-state index contributed by atoms with van der Waals surface area (Å²) in [6.45, 7) is 2.72. The van der Waals surface area contributed by atoms with Gasteiger partial charge in [0.15, 0.2) is 0 Å². The molecule has 7 heteroatoms. The number of methoxy groups -OCH3 is 2. The van der Waals surface area contributed by atoms with Gasteiger partial charge in [-0.1, -0.05) is 12.1 Å². The minimum Gasteiger partial charge on any atom is -0.497 e. The lowest BCUT2D eigenvalue weighted by atomic mass is 10.2. The van der Waals surface area contributed by atoms with Gasteiger partial charge >= 0.3 is 11.8 Å². The molecule has 2 rings (SSSR count). The van der Waals surface area contributed by atoms with Crippen LogP contribution in [0.3, 0.4) is 0 Å². The Kier molecular flexibility index (Phi) is 6.84. The molecule has 138 valence electrons. The minimum absolute atomic E-state index is 0.230. The Labute approximate surface area is 152 Å². The molecule has 2 N–H and O–H groups in total. The monoisotopic (exact) mass is 358 g/mol. The van der Waals surface area contributed by atoms with Crippen molar-refractivity contribution in [3.8, 4) is 17.2 Å². The van der Waals surface area contributed by atoms with Gasteiger partial charge in [-0.3, -0.25) is 9.59 Å². The molecule has 0 saturated heterocycles. The highest BCUT2D eigenvalue weighted by Crippen LogP contribution is 2.28. The van der Waals surface area contributed by atoms with Crippen molar-refractivity contribution in [2.45, 2.75) is 13.5 Å². The van der Waals surface area contributed by atoms with Crippen LogP contribution in [0.5, 0.6) is 17.2 Å². The number of carbonyl (C=O) groups excluding carboxylic acids is 2. The number of hydrogen-bond donors (Lipinski definition) is 2. The van der Waals surface area contributed by atoms with Crippen LogP contribution in [0, 0.1) is 0 Å². The quantitative estimate of drug-likeness (QED) is 0.742. The second kappa shape index (κ2) is 9.31. The van der Waals surface area contributed by atoms with Crippen molar-refractivity contribution in [1.29, 1.82) is 0 Å². The average Bonchev–Trinajstić information content (AvgIpc) is 2.67. The van der Waals surface area contributed by atoms with Crippen LogP contribution in [0.1, 0.15) is 12.5 Å². The molecule has 0 aliphatic carbocycles. The van der Waals surface area contributed by atoms with Crippen LogP contribution in [0.4, 0.5) is 5.69 Å². The summed E-state index contributed by atoms with van der Waals surface area (Å²) in [5, 5.41) is 5.09. The van der Waals surface area contributed by atoms with Gasteiger partial charge in [-0.2, -0.15) is 0 Å². The van der Waals surface area contributed by atoms with Gasteiger partial charge in [0.25, 0.3) is 0 Å². The molecule has 0 radical (unpaired) electrons. The SMILES string of the molecule is CCOc1ccc(CNC(=O)C(=O)Nc2cc(OC)ccc2OC)cc1. The topological polar surface area (TPSA) is 85.9 Å². The second-order valence-corrected chi connectivity index (χ2v) is 5.28. The summed E-state index contributed by atoms with van der Waals surface area (Å²) in [4.78, 5) is 24.1. The zero-order valence-corrected chi connectivity index (χ0v) is 15.0. The molecular weight excluding hydrogens is 336 g/mol. The van der Waals surface area contributed by atoms with E-state index >= 15 is 0 Å². The summed E-state index contributed by atoms with van der Waals surface area (Å²) in [5.74, 6) is 0.186. The van der Waals surface area contributed by atoms with Crippen molar-refractivity contribution in [2.24, 2.45) is 0 Å². The molecule has 0 bridgehead atoms. The number of nitrogens with one attached hydrogen (secondary N) is 2. The van der Waals surface area contributed by atoms with E-state index in [-0.39, 0.29) is 6.54 Å². The number of hydrogen-bond acceptors (Lipinski definition) is 5. The van der Waals surface area contributed by atoms with E-state index in [0.29, 0.717) is 23.8 Å². The molecule has 0 heterocycles. The molecule has 26 heavy (non-hydrogen) atoms. The van der Waals surface area contributed by atoms with Crippen molar-refractivity contribution in [2.75, 3.05) is 26.1 Å². The smallest absolute Gasteiger partial charge is 0.313 e. The molecule has 2 aromatic rings. The van der Waals surface area contributed by atoms with Crippen LogP contribution >= 0.6 is 0 Å². The van der Waals surface area contributed by atoms with Gasteiger partial charge in [-0.15, -0.1) is 0 Å². The minimum atomic E-state index is -0.789. The summed E-state index contributed by atoms with van der Waals surface area (Å²) in [5.41, 5.74) is 1.21. The molecule has 7 nitrogen and oxygen atoms in total. The van der Waals surface area contributed by atoms with E-state index < -0.39 is 11.8 Å². The number of amides is 2. The van der Waals surface area contributed by atoms with E-state index in [1.807, 2.05) is 31.2 Å². The average molecular weight is 358 g/mol. The zero-order chi connectivity index (χ0) is 18.9. The molecule has 0 aromatic heterocycles. The first-order valence-corrected chi connectivity index (χ1v) is 8.10. The Morgan fingerprint density at radius 3 is 2.23 bits per heavy atom. The molecule has 0 unspecified atom stereocenters. The van der Waals surface area contributed by atoms with E-state index in [1.165, 1.54) is 14.2 Å². The number of carbonyl (C=O) groups is 2. The van der Waals surface area contributed by atoms with Gasteiger partial charge in [0.2, 0.25) is 0 Å². The van der Waals surface area contributed by atoms with Crippen LogP contribution in [-0.4, -0.2) is 32.6 Å². The van der Waals surface area contributed by atoms with E-state index in [4.69, 9.17) is 14.2 Å².